The molecule has 3 nitrogen and oxygen atoms in total. The Labute approximate surface area is 209 Å². The second-order valence-corrected chi connectivity index (χ2v) is 11.1. The molecule has 37 heavy (non-hydrogen) atoms. The summed E-state index contributed by atoms with van der Waals surface area (Å²) >= 11 is 0. The van der Waals surface area contributed by atoms with Crippen LogP contribution >= 0.6 is 0 Å². The van der Waals surface area contributed by atoms with E-state index in [9.17, 15) is 39.2 Å². The maximum absolute atomic E-state index is 14.9. The molecule has 1 saturated heterocycles. The number of benzene rings is 3. The molecule has 1 heterocycles. The Morgan fingerprint density at radius 2 is 1.35 bits per heavy atom. The third-order valence-corrected chi connectivity index (χ3v) is 8.63. The van der Waals surface area contributed by atoms with Crippen LogP contribution in [0.25, 0.3) is 0 Å². The van der Waals surface area contributed by atoms with Crippen LogP contribution in [-0.2, 0) is 21.9 Å². The Bertz CT molecular complexity index is 1340. The third kappa shape index (κ3) is 5.05. The molecule has 0 radical (unpaired) electrons. The topological polar surface area (TPSA) is 37.4 Å². The van der Waals surface area contributed by atoms with Crippen LogP contribution in [0, 0.1) is 0 Å². The molecule has 0 bridgehead atoms. The zero-order valence-electron chi connectivity index (χ0n) is 19.2. The molecule has 0 amide bonds. The van der Waals surface area contributed by atoms with Crippen molar-refractivity contribution in [3.8, 4) is 0 Å². The third-order valence-electron chi connectivity index (χ3n) is 6.46. The Balaban J connectivity index is 1.62. The van der Waals surface area contributed by atoms with E-state index in [2.05, 4.69) is 0 Å². The van der Waals surface area contributed by atoms with Crippen molar-refractivity contribution in [1.82, 2.24) is 0 Å². The first kappa shape index (κ1) is 27.0. The molecule has 198 valence electrons. The van der Waals surface area contributed by atoms with E-state index in [0.717, 1.165) is 28.2 Å². The molecule has 0 N–H and O–H groups in total. The second-order valence-electron chi connectivity index (χ2n) is 8.88. The minimum Gasteiger partial charge on any atom is -0.370 e. The molecule has 11 heteroatoms. The van der Waals surface area contributed by atoms with E-state index in [1.54, 1.807) is 12.1 Å². The van der Waals surface area contributed by atoms with E-state index in [1.807, 2.05) is 30.3 Å². The molecular weight excluding hydrogens is 523 g/mol. The standard InChI is InChI=1S/C26H22F7NO2S/c27-24(25(28,29)30,26(31,32)33)22-11-4-5-12-23(22)34-14-13-21(17-34)37(35,36)20-10-6-9-19(16-20)15-18-7-2-1-3-8-18/h1-12,16,21H,13-15,17H2. The average molecular weight is 546 g/mol. The van der Waals surface area contributed by atoms with Gasteiger partial charge in [-0.2, -0.15) is 26.3 Å². The smallest absolute Gasteiger partial charge is 0.370 e. The van der Waals surface area contributed by atoms with Crippen LogP contribution < -0.4 is 4.90 Å². The van der Waals surface area contributed by atoms with Crippen LogP contribution in [-0.4, -0.2) is 39.1 Å². The SMILES string of the molecule is O=S(=O)(c1cccc(Cc2ccccc2)c1)C1CCN(c2ccccc2C(F)(C(F)(F)F)C(F)(F)F)C1. The van der Waals surface area contributed by atoms with Crippen LogP contribution in [0.1, 0.15) is 23.1 Å². The van der Waals surface area contributed by atoms with Crippen molar-refractivity contribution in [2.45, 2.75) is 41.0 Å². The lowest BCUT2D eigenvalue weighted by atomic mass is 9.92. The summed E-state index contributed by atoms with van der Waals surface area (Å²) in [7, 11) is -3.98. The molecular formula is C26H22F7NO2S. The summed E-state index contributed by atoms with van der Waals surface area (Å²) < 4.78 is 122. The summed E-state index contributed by atoms with van der Waals surface area (Å²) in [5.41, 5.74) is -6.18. The first-order valence-electron chi connectivity index (χ1n) is 11.3. The number of anilines is 1. The van der Waals surface area contributed by atoms with Gasteiger partial charge in [-0.15, -0.1) is 0 Å². The monoisotopic (exact) mass is 545 g/mol. The Morgan fingerprint density at radius 1 is 0.757 bits per heavy atom. The van der Waals surface area contributed by atoms with Crippen molar-refractivity contribution in [1.29, 1.82) is 0 Å². The quantitative estimate of drug-likeness (QED) is 0.327. The van der Waals surface area contributed by atoms with Crippen molar-refractivity contribution < 1.29 is 39.2 Å². The first-order chi connectivity index (χ1) is 17.2. The molecule has 1 aliphatic rings. The van der Waals surface area contributed by atoms with Crippen LogP contribution in [0.15, 0.2) is 83.8 Å². The molecule has 3 aromatic rings. The van der Waals surface area contributed by atoms with Crippen molar-refractivity contribution in [2.75, 3.05) is 18.0 Å². The van der Waals surface area contributed by atoms with Gasteiger partial charge < -0.3 is 4.90 Å². The van der Waals surface area contributed by atoms with Gasteiger partial charge in [-0.1, -0.05) is 60.7 Å². The van der Waals surface area contributed by atoms with Crippen LogP contribution in [0.5, 0.6) is 0 Å². The molecule has 1 aliphatic heterocycles. The maximum atomic E-state index is 14.9. The number of nitrogens with zero attached hydrogens (tertiary/aromatic N) is 1. The van der Waals surface area contributed by atoms with Gasteiger partial charge in [-0.25, -0.2) is 12.8 Å². The van der Waals surface area contributed by atoms with Gasteiger partial charge in [0.15, 0.2) is 9.84 Å². The normalized spacial score (nSPS) is 17.3. The van der Waals surface area contributed by atoms with Gasteiger partial charge in [-0.05, 0) is 42.2 Å². The molecule has 0 aliphatic carbocycles. The van der Waals surface area contributed by atoms with E-state index >= 15 is 0 Å². The maximum Gasteiger partial charge on any atom is 0.436 e. The Hall–Kier alpha value is -3.08. The largest absolute Gasteiger partial charge is 0.436 e. The van der Waals surface area contributed by atoms with Gasteiger partial charge in [0.25, 0.3) is 0 Å². The molecule has 1 unspecified atom stereocenters. The second kappa shape index (κ2) is 9.66. The molecule has 4 rings (SSSR count). The highest BCUT2D eigenvalue weighted by molar-refractivity contribution is 7.92. The molecule has 1 fully saturated rings. The zero-order valence-corrected chi connectivity index (χ0v) is 20.0. The minimum absolute atomic E-state index is 0.00601. The first-order valence-corrected chi connectivity index (χ1v) is 12.8. The molecule has 0 saturated carbocycles. The van der Waals surface area contributed by atoms with Gasteiger partial charge in [0.1, 0.15) is 0 Å². The van der Waals surface area contributed by atoms with E-state index < -0.39 is 44.4 Å². The van der Waals surface area contributed by atoms with Gasteiger partial charge in [0, 0.05) is 24.3 Å². The van der Waals surface area contributed by atoms with Crippen molar-refractivity contribution >= 4 is 15.5 Å². The summed E-state index contributed by atoms with van der Waals surface area (Å²) in [6.07, 6.45) is -12.1. The number of para-hydroxylation sites is 1. The van der Waals surface area contributed by atoms with Crippen molar-refractivity contribution in [2.24, 2.45) is 0 Å². The number of hydrogen-bond acceptors (Lipinski definition) is 3. The number of halogens is 7. The lowest BCUT2D eigenvalue weighted by Gasteiger charge is -2.33. The van der Waals surface area contributed by atoms with Crippen molar-refractivity contribution in [3.63, 3.8) is 0 Å². The van der Waals surface area contributed by atoms with Crippen LogP contribution in [0.3, 0.4) is 0 Å². The highest BCUT2D eigenvalue weighted by Crippen LogP contribution is 2.55. The van der Waals surface area contributed by atoms with E-state index in [4.69, 9.17) is 0 Å². The predicted molar refractivity (Wildman–Crippen MR) is 125 cm³/mol. The summed E-state index contributed by atoms with van der Waals surface area (Å²) in [5, 5.41) is -1.10. The summed E-state index contributed by atoms with van der Waals surface area (Å²) in [6, 6.07) is 19.0. The van der Waals surface area contributed by atoms with E-state index in [0.29, 0.717) is 12.5 Å². The van der Waals surface area contributed by atoms with E-state index in [1.165, 1.54) is 18.2 Å². The summed E-state index contributed by atoms with van der Waals surface area (Å²) in [4.78, 5) is 1.07. The van der Waals surface area contributed by atoms with Gasteiger partial charge in [-0.3, -0.25) is 0 Å². The fourth-order valence-corrected chi connectivity index (χ4v) is 6.32. The summed E-state index contributed by atoms with van der Waals surface area (Å²) in [5.74, 6) is 0. The van der Waals surface area contributed by atoms with Crippen LogP contribution in [0.4, 0.5) is 36.4 Å². The lowest BCUT2D eigenvalue weighted by molar-refractivity contribution is -0.348. The molecule has 1 atom stereocenters. The highest BCUT2D eigenvalue weighted by atomic mass is 32.2. The minimum atomic E-state index is -6.27. The number of hydrogen-bond donors (Lipinski definition) is 0. The fourth-order valence-electron chi connectivity index (χ4n) is 4.56. The zero-order chi connectivity index (χ0) is 27.1. The number of rotatable bonds is 6. The average Bonchev–Trinajstić information content (AvgIpc) is 3.34. The lowest BCUT2D eigenvalue weighted by Crippen LogP contribution is -2.51. The van der Waals surface area contributed by atoms with Gasteiger partial charge in [0.05, 0.1) is 10.1 Å². The number of alkyl halides is 7. The van der Waals surface area contributed by atoms with Gasteiger partial charge >= 0.3 is 18.0 Å². The Morgan fingerprint density at radius 3 is 2.00 bits per heavy atom. The van der Waals surface area contributed by atoms with Crippen LogP contribution in [0.2, 0.25) is 0 Å². The number of sulfone groups is 1. The van der Waals surface area contributed by atoms with Gasteiger partial charge in [0.2, 0.25) is 0 Å². The van der Waals surface area contributed by atoms with Crippen molar-refractivity contribution in [3.05, 3.63) is 95.6 Å². The highest BCUT2D eigenvalue weighted by Gasteiger charge is 2.74. The fraction of sp³-hybridized carbons (Fsp3) is 0.308. The predicted octanol–water partition coefficient (Wildman–Crippen LogP) is 6.62. The molecule has 3 aromatic carbocycles. The van der Waals surface area contributed by atoms with E-state index in [-0.39, 0.29) is 24.4 Å². The molecule has 0 spiro atoms. The Kier molecular flexibility index (Phi) is 7.04. The summed E-state index contributed by atoms with van der Waals surface area (Å²) in [6.45, 7) is -0.537. The molecule has 0 aromatic heterocycles.